The minimum atomic E-state index is -0.309. The Labute approximate surface area is 253 Å². The first-order valence-electron chi connectivity index (χ1n) is 17.9. The van der Waals surface area contributed by atoms with Gasteiger partial charge in [-0.25, -0.2) is 9.59 Å². The number of hydrogen-bond donors (Lipinski definition) is 2. The molecular formula is C35H66N2O4. The van der Waals surface area contributed by atoms with Crippen molar-refractivity contribution in [1.82, 2.24) is 10.6 Å². The van der Waals surface area contributed by atoms with Crippen molar-refractivity contribution >= 4 is 12.2 Å². The Kier molecular flexibility index (Phi) is 19.3. The molecule has 0 aromatic heterocycles. The Morgan fingerprint density at radius 1 is 0.488 bits per heavy atom. The molecule has 0 atom stereocenters. The Bertz CT molecular complexity index is 615. The van der Waals surface area contributed by atoms with E-state index >= 15 is 0 Å². The third kappa shape index (κ3) is 16.1. The van der Waals surface area contributed by atoms with Crippen molar-refractivity contribution in [2.24, 2.45) is 0 Å². The molecule has 0 aromatic carbocycles. The van der Waals surface area contributed by atoms with Gasteiger partial charge in [0.1, 0.15) is 0 Å². The van der Waals surface area contributed by atoms with Crippen molar-refractivity contribution in [1.29, 1.82) is 0 Å². The maximum Gasteiger partial charge on any atom is 0.407 e. The number of amides is 2. The number of rotatable bonds is 22. The number of ether oxygens (including phenoxy) is 2. The molecule has 41 heavy (non-hydrogen) atoms. The van der Waals surface area contributed by atoms with E-state index < -0.39 is 0 Å². The van der Waals surface area contributed by atoms with Crippen LogP contribution in [0.25, 0.3) is 0 Å². The summed E-state index contributed by atoms with van der Waals surface area (Å²) in [6.07, 6.45) is 30.6. The standard InChI is InChI=1S/C35H66N2O4/c1-3-5-7-9-11-13-15-23-29-40-32(38)36-34(25-19-17-20-26-34)31-35(27-21-18-22-28-35)37-33(39)41-30-24-16-14-12-10-8-6-4-2/h3-31H2,1-2H3,(H,36,38)(H,37,39). The Balaban J connectivity index is 1.78. The van der Waals surface area contributed by atoms with Crippen molar-refractivity contribution < 1.29 is 19.1 Å². The summed E-state index contributed by atoms with van der Waals surface area (Å²) in [5.74, 6) is 0. The molecule has 2 aliphatic rings. The van der Waals surface area contributed by atoms with Gasteiger partial charge in [0, 0.05) is 11.1 Å². The van der Waals surface area contributed by atoms with Gasteiger partial charge in [0.25, 0.3) is 0 Å². The summed E-state index contributed by atoms with van der Waals surface area (Å²) < 4.78 is 11.3. The van der Waals surface area contributed by atoms with Crippen LogP contribution in [0.15, 0.2) is 0 Å². The van der Waals surface area contributed by atoms with Crippen LogP contribution in [0.2, 0.25) is 0 Å². The summed E-state index contributed by atoms with van der Waals surface area (Å²) in [7, 11) is 0. The normalized spacial score (nSPS) is 18.0. The van der Waals surface area contributed by atoms with Crippen molar-refractivity contribution in [2.45, 2.75) is 198 Å². The quantitative estimate of drug-likeness (QED) is 0.125. The van der Waals surface area contributed by atoms with Crippen LogP contribution in [0.5, 0.6) is 0 Å². The van der Waals surface area contributed by atoms with Gasteiger partial charge in [-0.05, 0) is 44.9 Å². The lowest BCUT2D eigenvalue weighted by Crippen LogP contribution is -2.60. The predicted octanol–water partition coefficient (Wildman–Crippen LogP) is 10.5. The Hall–Kier alpha value is -1.46. The van der Waals surface area contributed by atoms with Crippen molar-refractivity contribution in [3.05, 3.63) is 0 Å². The van der Waals surface area contributed by atoms with Crippen LogP contribution >= 0.6 is 0 Å². The molecular weight excluding hydrogens is 512 g/mol. The number of carbonyl (C=O) groups excluding carboxylic acids is 2. The SMILES string of the molecule is CCCCCCCCCCOC(=O)NC1(CC2(NC(=O)OCCCCCCCCCC)CCCCC2)CCCCC1. The first-order chi connectivity index (χ1) is 20.0. The van der Waals surface area contributed by atoms with E-state index in [9.17, 15) is 9.59 Å². The first-order valence-corrected chi connectivity index (χ1v) is 17.9. The van der Waals surface area contributed by atoms with Crippen LogP contribution in [0.1, 0.15) is 187 Å². The summed E-state index contributed by atoms with van der Waals surface area (Å²) in [6.45, 7) is 5.48. The highest BCUT2D eigenvalue weighted by Gasteiger charge is 2.44. The largest absolute Gasteiger partial charge is 0.450 e. The minimum absolute atomic E-state index is 0.280. The zero-order valence-corrected chi connectivity index (χ0v) is 27.1. The third-order valence-corrected chi connectivity index (χ3v) is 9.49. The van der Waals surface area contributed by atoms with Gasteiger partial charge in [-0.15, -0.1) is 0 Å². The number of alkyl carbamates (subject to hydrolysis) is 2. The van der Waals surface area contributed by atoms with Gasteiger partial charge in [0.05, 0.1) is 13.2 Å². The molecule has 0 heterocycles. The molecule has 0 radical (unpaired) electrons. The molecule has 0 aliphatic heterocycles. The van der Waals surface area contributed by atoms with E-state index in [1.54, 1.807) is 0 Å². The van der Waals surface area contributed by atoms with Gasteiger partial charge < -0.3 is 20.1 Å². The molecule has 6 nitrogen and oxygen atoms in total. The van der Waals surface area contributed by atoms with Crippen LogP contribution < -0.4 is 10.6 Å². The van der Waals surface area contributed by atoms with Gasteiger partial charge in [0.15, 0.2) is 0 Å². The molecule has 2 fully saturated rings. The smallest absolute Gasteiger partial charge is 0.407 e. The summed E-state index contributed by atoms with van der Waals surface area (Å²) in [5.41, 5.74) is -0.617. The van der Waals surface area contributed by atoms with Crippen molar-refractivity contribution in [2.75, 3.05) is 13.2 Å². The van der Waals surface area contributed by atoms with Gasteiger partial charge in [-0.3, -0.25) is 0 Å². The summed E-state index contributed by atoms with van der Waals surface area (Å²) in [6, 6.07) is 0. The molecule has 6 heteroatoms. The molecule has 0 unspecified atom stereocenters. The maximum atomic E-state index is 12.9. The molecule has 2 amide bonds. The van der Waals surface area contributed by atoms with Crippen LogP contribution in [-0.4, -0.2) is 36.5 Å². The number of nitrogens with one attached hydrogen (secondary N) is 2. The van der Waals surface area contributed by atoms with E-state index in [0.29, 0.717) is 13.2 Å². The van der Waals surface area contributed by atoms with Gasteiger partial charge in [-0.1, -0.05) is 142 Å². The highest BCUT2D eigenvalue weighted by Crippen LogP contribution is 2.41. The lowest BCUT2D eigenvalue weighted by Gasteiger charge is -2.47. The van der Waals surface area contributed by atoms with Gasteiger partial charge in [-0.2, -0.15) is 0 Å². The molecule has 2 aliphatic carbocycles. The van der Waals surface area contributed by atoms with Crippen molar-refractivity contribution in [3.8, 4) is 0 Å². The second kappa shape index (κ2) is 22.1. The maximum absolute atomic E-state index is 12.9. The molecule has 0 aromatic rings. The zero-order valence-electron chi connectivity index (χ0n) is 27.1. The van der Waals surface area contributed by atoms with E-state index in [0.717, 1.165) is 83.5 Å². The summed E-state index contributed by atoms with van der Waals surface area (Å²) >= 11 is 0. The zero-order chi connectivity index (χ0) is 29.5. The summed E-state index contributed by atoms with van der Waals surface area (Å²) in [5, 5.41) is 6.67. The average molecular weight is 579 g/mol. The lowest BCUT2D eigenvalue weighted by molar-refractivity contribution is 0.0827. The van der Waals surface area contributed by atoms with Crippen LogP contribution in [0.4, 0.5) is 9.59 Å². The Morgan fingerprint density at radius 2 is 0.805 bits per heavy atom. The highest BCUT2D eigenvalue weighted by molar-refractivity contribution is 5.69. The molecule has 2 rings (SSSR count). The van der Waals surface area contributed by atoms with E-state index in [1.165, 1.54) is 89.9 Å². The fourth-order valence-corrected chi connectivity index (χ4v) is 7.10. The van der Waals surface area contributed by atoms with Crippen LogP contribution in [0, 0.1) is 0 Å². The Morgan fingerprint density at radius 3 is 1.15 bits per heavy atom. The first kappa shape index (κ1) is 35.7. The number of carbonyl (C=O) groups is 2. The molecule has 2 N–H and O–H groups in total. The van der Waals surface area contributed by atoms with Crippen LogP contribution in [0.3, 0.4) is 0 Å². The second-order valence-electron chi connectivity index (χ2n) is 13.3. The predicted molar refractivity (Wildman–Crippen MR) is 170 cm³/mol. The fraction of sp³-hybridized carbons (Fsp3) is 0.943. The monoisotopic (exact) mass is 579 g/mol. The summed E-state index contributed by atoms with van der Waals surface area (Å²) in [4.78, 5) is 25.9. The number of unbranched alkanes of at least 4 members (excludes halogenated alkanes) is 14. The van der Waals surface area contributed by atoms with Gasteiger partial charge in [0.2, 0.25) is 0 Å². The topological polar surface area (TPSA) is 76.7 Å². The third-order valence-electron chi connectivity index (χ3n) is 9.49. The number of hydrogen-bond acceptors (Lipinski definition) is 4. The lowest BCUT2D eigenvalue weighted by atomic mass is 9.68. The molecule has 0 spiro atoms. The van der Waals surface area contributed by atoms with Crippen LogP contribution in [-0.2, 0) is 9.47 Å². The van der Waals surface area contributed by atoms with E-state index in [2.05, 4.69) is 24.5 Å². The fourth-order valence-electron chi connectivity index (χ4n) is 7.10. The highest BCUT2D eigenvalue weighted by atomic mass is 16.6. The van der Waals surface area contributed by atoms with E-state index in [-0.39, 0.29) is 23.3 Å². The van der Waals surface area contributed by atoms with Gasteiger partial charge >= 0.3 is 12.2 Å². The van der Waals surface area contributed by atoms with E-state index in [1.807, 2.05) is 0 Å². The minimum Gasteiger partial charge on any atom is -0.450 e. The molecule has 240 valence electrons. The molecule has 2 saturated carbocycles. The van der Waals surface area contributed by atoms with E-state index in [4.69, 9.17) is 9.47 Å². The van der Waals surface area contributed by atoms with Crippen molar-refractivity contribution in [3.63, 3.8) is 0 Å². The second-order valence-corrected chi connectivity index (χ2v) is 13.3. The molecule has 0 bridgehead atoms. The average Bonchev–Trinajstić information content (AvgIpc) is 2.96. The molecule has 0 saturated heterocycles.